The first-order chi connectivity index (χ1) is 10.1. The molecule has 1 aromatic heterocycles. The van der Waals surface area contributed by atoms with Crippen LogP contribution in [0.1, 0.15) is 56.9 Å². The van der Waals surface area contributed by atoms with E-state index in [1.807, 2.05) is 6.07 Å². The summed E-state index contributed by atoms with van der Waals surface area (Å²) in [5.41, 5.74) is 0.392. The molecule has 1 aliphatic carbocycles. The van der Waals surface area contributed by atoms with E-state index in [1.165, 1.54) is 12.8 Å². The van der Waals surface area contributed by atoms with Gasteiger partial charge in [-0.05, 0) is 49.7 Å². The fourth-order valence-corrected chi connectivity index (χ4v) is 2.92. The summed E-state index contributed by atoms with van der Waals surface area (Å²) < 4.78 is 0. The standard InChI is InChI=1S/C16H26N4O/c1-4-9-17-15-8-7-14(19-20-15)16(21)18-13-6-5-11(2)10-12(13)3/h7-8,11-13H,4-6,9-10H2,1-3H3,(H,17,20)(H,18,21). The second-order valence-electron chi connectivity index (χ2n) is 6.21. The van der Waals surface area contributed by atoms with Crippen molar-refractivity contribution >= 4 is 11.7 Å². The SMILES string of the molecule is CCCNc1ccc(C(=O)NC2CCC(C)CC2C)nn1. The fraction of sp³-hybridized carbons (Fsp3) is 0.688. The molecule has 1 amide bonds. The van der Waals surface area contributed by atoms with Crippen molar-refractivity contribution in [2.45, 2.75) is 52.5 Å². The van der Waals surface area contributed by atoms with Gasteiger partial charge in [-0.25, -0.2) is 0 Å². The van der Waals surface area contributed by atoms with E-state index in [-0.39, 0.29) is 11.9 Å². The van der Waals surface area contributed by atoms with Crippen molar-refractivity contribution in [2.24, 2.45) is 11.8 Å². The Morgan fingerprint density at radius 3 is 2.71 bits per heavy atom. The van der Waals surface area contributed by atoms with Crippen LogP contribution in [0.15, 0.2) is 12.1 Å². The Labute approximate surface area is 126 Å². The smallest absolute Gasteiger partial charge is 0.272 e. The predicted molar refractivity (Wildman–Crippen MR) is 84.2 cm³/mol. The minimum absolute atomic E-state index is 0.115. The number of hydrogen-bond acceptors (Lipinski definition) is 4. The number of carbonyl (C=O) groups excluding carboxylic acids is 1. The lowest BCUT2D eigenvalue weighted by Gasteiger charge is -2.33. The highest BCUT2D eigenvalue weighted by molar-refractivity contribution is 5.92. The van der Waals surface area contributed by atoms with E-state index in [0.717, 1.165) is 25.3 Å². The molecule has 0 saturated heterocycles. The number of carbonyl (C=O) groups is 1. The van der Waals surface area contributed by atoms with Crippen molar-refractivity contribution in [3.05, 3.63) is 17.8 Å². The van der Waals surface area contributed by atoms with Gasteiger partial charge in [-0.3, -0.25) is 4.79 Å². The molecular weight excluding hydrogens is 264 g/mol. The van der Waals surface area contributed by atoms with Gasteiger partial charge in [0, 0.05) is 12.6 Å². The fourth-order valence-electron chi connectivity index (χ4n) is 2.92. The molecule has 3 unspecified atom stereocenters. The van der Waals surface area contributed by atoms with Crippen molar-refractivity contribution in [2.75, 3.05) is 11.9 Å². The molecule has 0 spiro atoms. The zero-order chi connectivity index (χ0) is 15.2. The van der Waals surface area contributed by atoms with Gasteiger partial charge in [0.25, 0.3) is 5.91 Å². The monoisotopic (exact) mass is 290 g/mol. The molecule has 2 rings (SSSR count). The number of aromatic nitrogens is 2. The van der Waals surface area contributed by atoms with Gasteiger partial charge in [0.15, 0.2) is 5.69 Å². The van der Waals surface area contributed by atoms with Crippen molar-refractivity contribution < 1.29 is 4.79 Å². The number of nitrogens with zero attached hydrogens (tertiary/aromatic N) is 2. The van der Waals surface area contributed by atoms with Crippen LogP contribution in [0.4, 0.5) is 5.82 Å². The van der Waals surface area contributed by atoms with Crippen molar-refractivity contribution in [1.82, 2.24) is 15.5 Å². The minimum Gasteiger partial charge on any atom is -0.369 e. The van der Waals surface area contributed by atoms with E-state index in [9.17, 15) is 4.79 Å². The predicted octanol–water partition coefficient (Wildman–Crippen LogP) is 2.85. The van der Waals surface area contributed by atoms with Gasteiger partial charge in [0.1, 0.15) is 5.82 Å². The molecule has 1 heterocycles. The second-order valence-corrected chi connectivity index (χ2v) is 6.21. The summed E-state index contributed by atoms with van der Waals surface area (Å²) in [6.07, 6.45) is 4.44. The van der Waals surface area contributed by atoms with Crippen LogP contribution < -0.4 is 10.6 Å². The molecular formula is C16H26N4O. The van der Waals surface area contributed by atoms with E-state index in [4.69, 9.17) is 0 Å². The van der Waals surface area contributed by atoms with Crippen molar-refractivity contribution in [3.63, 3.8) is 0 Å². The first-order valence-electron chi connectivity index (χ1n) is 7.98. The third-order valence-corrected chi connectivity index (χ3v) is 4.20. The Kier molecular flexibility index (Phi) is 5.53. The molecule has 2 N–H and O–H groups in total. The van der Waals surface area contributed by atoms with E-state index in [0.29, 0.717) is 17.4 Å². The zero-order valence-electron chi connectivity index (χ0n) is 13.2. The van der Waals surface area contributed by atoms with Gasteiger partial charge in [-0.15, -0.1) is 10.2 Å². The molecule has 5 heteroatoms. The Morgan fingerprint density at radius 1 is 1.29 bits per heavy atom. The van der Waals surface area contributed by atoms with Gasteiger partial charge in [-0.2, -0.15) is 0 Å². The average Bonchev–Trinajstić information content (AvgIpc) is 2.48. The Bertz CT molecular complexity index is 460. The molecule has 1 aromatic rings. The molecule has 0 radical (unpaired) electrons. The topological polar surface area (TPSA) is 66.9 Å². The van der Waals surface area contributed by atoms with Crippen molar-refractivity contribution in [1.29, 1.82) is 0 Å². The van der Waals surface area contributed by atoms with Crippen LogP contribution in [0, 0.1) is 11.8 Å². The molecule has 0 aromatic carbocycles. The molecule has 5 nitrogen and oxygen atoms in total. The van der Waals surface area contributed by atoms with Crippen LogP contribution in [0.2, 0.25) is 0 Å². The minimum atomic E-state index is -0.115. The lowest BCUT2D eigenvalue weighted by atomic mass is 9.80. The highest BCUT2D eigenvalue weighted by Crippen LogP contribution is 2.28. The quantitative estimate of drug-likeness (QED) is 0.875. The van der Waals surface area contributed by atoms with Crippen LogP contribution in [0.3, 0.4) is 0 Å². The van der Waals surface area contributed by atoms with Crippen LogP contribution >= 0.6 is 0 Å². The molecule has 116 valence electrons. The van der Waals surface area contributed by atoms with E-state index < -0.39 is 0 Å². The highest BCUT2D eigenvalue weighted by Gasteiger charge is 2.27. The Balaban J connectivity index is 1.91. The summed E-state index contributed by atoms with van der Waals surface area (Å²) in [7, 11) is 0. The molecule has 1 saturated carbocycles. The van der Waals surface area contributed by atoms with E-state index in [1.54, 1.807) is 6.07 Å². The second kappa shape index (κ2) is 7.38. The van der Waals surface area contributed by atoms with Gasteiger partial charge < -0.3 is 10.6 Å². The number of hydrogen-bond donors (Lipinski definition) is 2. The Morgan fingerprint density at radius 2 is 2.10 bits per heavy atom. The molecule has 21 heavy (non-hydrogen) atoms. The maximum atomic E-state index is 12.2. The number of anilines is 1. The van der Waals surface area contributed by atoms with Crippen molar-refractivity contribution in [3.8, 4) is 0 Å². The van der Waals surface area contributed by atoms with Crippen LogP contribution in [0.5, 0.6) is 0 Å². The van der Waals surface area contributed by atoms with E-state index in [2.05, 4.69) is 41.6 Å². The first kappa shape index (κ1) is 15.7. The maximum Gasteiger partial charge on any atom is 0.272 e. The summed E-state index contributed by atoms with van der Waals surface area (Å²) >= 11 is 0. The lowest BCUT2D eigenvalue weighted by Crippen LogP contribution is -2.42. The van der Waals surface area contributed by atoms with Crippen LogP contribution in [-0.4, -0.2) is 28.7 Å². The summed E-state index contributed by atoms with van der Waals surface area (Å²) in [6, 6.07) is 3.80. The maximum absolute atomic E-state index is 12.2. The number of amides is 1. The van der Waals surface area contributed by atoms with Crippen LogP contribution in [-0.2, 0) is 0 Å². The largest absolute Gasteiger partial charge is 0.369 e. The van der Waals surface area contributed by atoms with Gasteiger partial charge >= 0.3 is 0 Å². The normalized spacial score (nSPS) is 25.4. The molecule has 1 fully saturated rings. The lowest BCUT2D eigenvalue weighted by molar-refractivity contribution is 0.0893. The average molecular weight is 290 g/mol. The van der Waals surface area contributed by atoms with Crippen LogP contribution in [0.25, 0.3) is 0 Å². The summed E-state index contributed by atoms with van der Waals surface area (Å²) in [6.45, 7) is 7.44. The molecule has 0 bridgehead atoms. The Hall–Kier alpha value is -1.65. The highest BCUT2D eigenvalue weighted by atomic mass is 16.2. The third-order valence-electron chi connectivity index (χ3n) is 4.20. The first-order valence-corrected chi connectivity index (χ1v) is 7.98. The number of nitrogens with one attached hydrogen (secondary N) is 2. The summed E-state index contributed by atoms with van der Waals surface area (Å²) in [5.74, 6) is 1.89. The summed E-state index contributed by atoms with van der Waals surface area (Å²) in [4.78, 5) is 12.2. The molecule has 0 aliphatic heterocycles. The van der Waals surface area contributed by atoms with Gasteiger partial charge in [0.2, 0.25) is 0 Å². The molecule has 1 aliphatic rings. The summed E-state index contributed by atoms with van der Waals surface area (Å²) in [5, 5.41) is 14.3. The number of rotatable bonds is 5. The molecule has 3 atom stereocenters. The third kappa shape index (κ3) is 4.41. The zero-order valence-corrected chi connectivity index (χ0v) is 13.2. The van der Waals surface area contributed by atoms with Gasteiger partial charge in [-0.1, -0.05) is 20.8 Å². The van der Waals surface area contributed by atoms with E-state index >= 15 is 0 Å². The van der Waals surface area contributed by atoms with Gasteiger partial charge in [0.05, 0.1) is 0 Å².